The molecule has 0 saturated carbocycles. The van der Waals surface area contributed by atoms with Crippen LogP contribution >= 0.6 is 0 Å². The van der Waals surface area contributed by atoms with Gasteiger partial charge in [-0.2, -0.15) is 0 Å². The summed E-state index contributed by atoms with van der Waals surface area (Å²) in [7, 11) is 0. The minimum Gasteiger partial charge on any atom is -0.0620 e. The van der Waals surface area contributed by atoms with Gasteiger partial charge in [0.2, 0.25) is 0 Å². The van der Waals surface area contributed by atoms with Gasteiger partial charge in [-0.15, -0.1) is 0 Å². The molecule has 0 heterocycles. The summed E-state index contributed by atoms with van der Waals surface area (Å²) in [6.45, 7) is -106. The lowest BCUT2D eigenvalue weighted by Gasteiger charge is -2.32. The lowest BCUT2D eigenvalue weighted by Crippen LogP contribution is -2.23. The van der Waals surface area contributed by atoms with Gasteiger partial charge >= 0.3 is 0 Å². The second-order valence-electron chi connectivity index (χ2n) is 22.3. The molecule has 0 atom stereocenters. The predicted octanol–water partition coefficient (Wildman–Crippen LogP) is 29.5. The first-order chi connectivity index (χ1) is 87.2. The second-order valence-corrected chi connectivity index (χ2v) is 22.3. The molecule has 8 aromatic rings. The standard InChI is InChI=1S/C19H32.C15H24.C12H18.3C11H16.C10H14.C9H12/c1-13-15(18(5,6)7)11-14(17(2,3)4)12-16(13)19(8,9)10;1-11-8-12(14(2,3)4)10-13(9-11)15(5,6)7;1-9-7-6-8-11(10(9)2)12(3,4)5;1-9-5-7-10(8-6-9)11(2,3)4;1-9-6-5-7-10(8-9)11(2,3)4;1-9-7-5-6-8-10(9)11(2,3)4;1-7-5-8(2)10(4)9(3)6-7;1-7-4-8(2)6-9(3)5-7/h11-12H,1-10H3;8-10H,1-7H3;6-8H,1-5H3;3*5-8H,1-4H3;5-6H,1-4H3;4-6H,1-3H3/i2D3,3D3,4D3,5D3,6D3,7D3,8D3,9D3,10D3;2D3,3D3,4D3,5D3,6D3,7D3;1D3,3D3,4D3,5D3;3*2D3,3D3,4D3;1D3,2D3,3D3,5D,6D;1D3,2D3,4D,5D,6D. The minimum absolute atomic E-state index is 0.0387. The zero-order valence-corrected chi connectivity index (χ0v) is 54.5. The number of hydrogen-bond acceptors (Lipinski definition) is 0. The Morgan fingerprint density at radius 1 is 0.204 bits per heavy atom. The van der Waals surface area contributed by atoms with Crippen LogP contribution in [-0.4, -0.2) is 0 Å². The smallest absolute Gasteiger partial charge is 0.0620 e. The van der Waals surface area contributed by atoms with E-state index in [-0.39, 0.29) is 56.6 Å². The van der Waals surface area contributed by atoms with Crippen molar-refractivity contribution in [2.24, 2.45) is 0 Å². The van der Waals surface area contributed by atoms with Crippen molar-refractivity contribution in [2.45, 2.75) is 330 Å². The Bertz CT molecular complexity index is 7270. The van der Waals surface area contributed by atoms with Crippen LogP contribution in [0.2, 0.25) is 0 Å². The van der Waals surface area contributed by atoms with Crippen LogP contribution in [0.4, 0.5) is 0 Å². The van der Waals surface area contributed by atoms with Gasteiger partial charge in [0.15, 0.2) is 0 Å². The van der Waals surface area contributed by atoms with Crippen LogP contribution in [0.5, 0.6) is 0 Å². The van der Waals surface area contributed by atoms with Crippen molar-refractivity contribution in [1.29, 1.82) is 0 Å². The predicted molar refractivity (Wildman–Crippen MR) is 446 cm³/mol. The SMILES string of the molecule is [2H]C([2H])([2H])C(c1cc(C(C([2H])([2H])[2H])(C([2H])([2H])[2H])C([2H])([2H])[2H])c(C)c(C(C([2H])([2H])[2H])(C([2H])([2H])[2H])C([2H])([2H])[2H])c1)(C([2H])([2H])[2H])C([2H])([2H])[2H].[2H]C([2H])([2H])C(c1cc(C)cc(C(C([2H])([2H])[2H])(C([2H])([2H])[2H])C([2H])([2H])[2H])c1)(C([2H])([2H])[2H])C([2H])([2H])[2H].[2H]C([2H])([2H])C(c1ccc(C)cc1)(C([2H])([2H])[2H])C([2H])([2H])[2H].[2H]C([2H])([2H])C(c1cccc(C)c1)(C([2H])([2H])[2H])C([2H])([2H])[2H].[2H]C([2H])([2H])C(c1ccccc1C)(C([2H])([2H])[2H])C([2H])([2H])[2H].[2H]C([2H])([2H])c1cccc(C(C([2H])([2H])[2H])(C([2H])([2H])[2H])C([2H])([2H])[2H])c1C.[2H]c1c(C([2H])([2H])[2H])c([2H])c(C([2H])([2H])[2H])c(C)c1C([2H])([2H])[2H].[2H]c1c(C)c([2H])c(C([2H])([2H])[2H])c([2H])c1C([2H])([2H])[2H]. The largest absolute Gasteiger partial charge is 0.0628 e. The summed E-state index contributed by atoms with van der Waals surface area (Å²) in [5.74, 6) is 0. The lowest BCUT2D eigenvalue weighted by molar-refractivity contribution is 0.542. The molecule has 0 spiro atoms. The Morgan fingerprint density at radius 3 is 0.990 bits per heavy atom. The molecule has 0 aliphatic carbocycles. The molecule has 8 rings (SSSR count). The van der Waals surface area contributed by atoms with Gasteiger partial charge in [0.25, 0.3) is 0 Å². The number of hydrogen-bond donors (Lipinski definition) is 0. The molecule has 0 aliphatic rings. The number of aryl methyl sites for hydroxylation is 5. The maximum absolute atomic E-state index is 8.12. The molecular formula is C98H148. The molecule has 0 N–H and O–H groups in total. The molecule has 540 valence electrons. The lowest BCUT2D eigenvalue weighted by atomic mass is 9.73. The van der Waals surface area contributed by atoms with E-state index in [9.17, 15) is 0 Å². The van der Waals surface area contributed by atoms with Crippen molar-refractivity contribution >= 4 is 0 Å². The molecule has 8 aromatic carbocycles. The van der Waals surface area contributed by atoms with Crippen molar-refractivity contribution in [1.82, 2.24) is 0 Å². The van der Waals surface area contributed by atoms with E-state index in [4.69, 9.17) is 143 Å². The molecule has 0 nitrogen and oxygen atoms in total. The maximum atomic E-state index is 8.12. The first-order valence-corrected chi connectivity index (χ1v) is 28.1. The number of benzene rings is 8. The van der Waals surface area contributed by atoms with E-state index in [1.807, 2.05) is 0 Å². The van der Waals surface area contributed by atoms with Crippen LogP contribution in [0.3, 0.4) is 0 Å². The van der Waals surface area contributed by atoms with Crippen LogP contribution in [0.15, 0.2) is 152 Å². The molecule has 0 bridgehead atoms. The van der Waals surface area contributed by atoms with E-state index in [0.29, 0.717) is 24.1 Å². The quantitative estimate of drug-likeness (QED) is 0.142. The van der Waals surface area contributed by atoms with Crippen molar-refractivity contribution in [3.63, 3.8) is 0 Å². The monoisotopic (exact) mass is 1430 g/mol. The second kappa shape index (κ2) is 36.4. The van der Waals surface area contributed by atoms with Crippen LogP contribution in [0.1, 0.15) is 456 Å². The minimum atomic E-state index is -4.24. The molecule has 0 unspecified atom stereocenters. The molecule has 0 amide bonds. The average Bonchev–Trinajstić information content (AvgIpc) is 0.664. The third kappa shape index (κ3) is 32.0. The Balaban J connectivity index is 0.00000118. The highest BCUT2D eigenvalue weighted by atomic mass is 14.3. The topological polar surface area (TPSA) is 0 Å². The van der Waals surface area contributed by atoms with Gasteiger partial charge in [0.1, 0.15) is 0 Å². The van der Waals surface area contributed by atoms with Crippen molar-refractivity contribution in [3.05, 3.63) is 279 Å². The summed E-state index contributed by atoms with van der Waals surface area (Å²) in [4.78, 5) is 0. The molecule has 0 radical (unpaired) electrons. The Hall–Kier alpha value is -6.24. The Morgan fingerprint density at radius 2 is 0.561 bits per heavy atom. The Kier molecular flexibility index (Phi) is 7.32. The van der Waals surface area contributed by atoms with E-state index in [1.165, 1.54) is 107 Å². The molecule has 0 fully saturated rings. The highest BCUT2D eigenvalue weighted by molar-refractivity contribution is 5.47. The highest BCUT2D eigenvalue weighted by Crippen LogP contribution is 2.38. The van der Waals surface area contributed by atoms with Crippen molar-refractivity contribution < 1.29 is 143 Å². The van der Waals surface area contributed by atoms with E-state index >= 15 is 0 Å². The summed E-state index contributed by atoms with van der Waals surface area (Å²) in [5, 5.41) is 0. The summed E-state index contributed by atoms with van der Waals surface area (Å²) in [5.41, 5.74) is -43.3. The molecular weight excluding hydrogens is 1180 g/mol. The van der Waals surface area contributed by atoms with Crippen LogP contribution in [-0.2, 0) is 48.7 Å². The molecule has 98 heavy (non-hydrogen) atoms. The first kappa shape index (κ1) is 19.7. The van der Waals surface area contributed by atoms with Gasteiger partial charge < -0.3 is 0 Å². The summed E-state index contributed by atoms with van der Waals surface area (Å²) in [6.07, 6.45) is 0. The number of rotatable bonds is 0. The van der Waals surface area contributed by atoms with Crippen molar-refractivity contribution in [3.8, 4) is 0 Å². The van der Waals surface area contributed by atoms with E-state index < -0.39 is 372 Å². The fraction of sp³-hybridized carbons (Fsp3) is 0.510. The van der Waals surface area contributed by atoms with Crippen LogP contribution < -0.4 is 0 Å². The van der Waals surface area contributed by atoms with E-state index in [1.54, 1.807) is 26.0 Å². The zero-order chi connectivity index (χ0) is 163. The highest BCUT2D eigenvalue weighted by Gasteiger charge is 2.28. The summed E-state index contributed by atoms with van der Waals surface area (Å²) < 4.78 is 805. The average molecular weight is 1430 g/mol. The summed E-state index contributed by atoms with van der Waals surface area (Å²) in [6, 6.07) is 19.5. The van der Waals surface area contributed by atoms with Crippen LogP contribution in [0, 0.1) is 96.5 Å². The van der Waals surface area contributed by atoms with Gasteiger partial charge in [-0.3, -0.25) is 0 Å². The molecule has 0 heteroatoms. The van der Waals surface area contributed by atoms with Gasteiger partial charge in [0.05, 0.1) is 6.85 Å². The van der Waals surface area contributed by atoms with E-state index in [0.717, 1.165) is 23.8 Å². The van der Waals surface area contributed by atoms with Crippen LogP contribution in [0.25, 0.3) is 0 Å². The van der Waals surface area contributed by atoms with Gasteiger partial charge in [-0.05, 0) is 234 Å². The summed E-state index contributed by atoms with van der Waals surface area (Å²) >= 11 is 0. The molecule has 0 aliphatic heterocycles. The van der Waals surface area contributed by atoms with Crippen molar-refractivity contribution in [2.75, 3.05) is 0 Å². The maximum Gasteiger partial charge on any atom is 0.0628 e. The van der Waals surface area contributed by atoms with Gasteiger partial charge in [-0.1, -0.05) is 375 Å². The zero-order valence-electron chi connectivity index (χ0n) is 159. The van der Waals surface area contributed by atoms with Gasteiger partial charge in [-0.25, -0.2) is 0 Å². The third-order valence-corrected chi connectivity index (χ3v) is 12.9. The molecule has 0 aromatic heterocycles. The fourth-order valence-electron chi connectivity index (χ4n) is 7.83. The third-order valence-electron chi connectivity index (χ3n) is 12.9. The molecule has 0 saturated heterocycles. The van der Waals surface area contributed by atoms with Gasteiger partial charge in [0, 0.05) is 136 Å². The fourth-order valence-corrected chi connectivity index (χ4v) is 7.83. The first-order valence-electron chi connectivity index (χ1n) is 80.1. The van der Waals surface area contributed by atoms with E-state index in [2.05, 4.69) is 0 Å². The normalized spacial score (nSPS) is 31.8. The Labute approximate surface area is 754 Å².